The molecule has 2 N–H and O–H groups in total. The number of nitrogens with zero attached hydrogens (tertiary/aromatic N) is 3. The summed E-state index contributed by atoms with van der Waals surface area (Å²) in [7, 11) is 0. The van der Waals surface area contributed by atoms with Gasteiger partial charge in [0, 0.05) is 32.2 Å². The van der Waals surface area contributed by atoms with Crippen LogP contribution >= 0.6 is 0 Å². The fraction of sp³-hybridized carbons (Fsp3) is 0.450. The second-order valence-corrected chi connectivity index (χ2v) is 6.51. The Morgan fingerprint density at radius 3 is 2.75 bits per heavy atom. The van der Waals surface area contributed by atoms with Crippen LogP contribution in [0.1, 0.15) is 11.4 Å². The van der Waals surface area contributed by atoms with E-state index >= 15 is 0 Å². The predicted molar refractivity (Wildman–Crippen MR) is 107 cm³/mol. The summed E-state index contributed by atoms with van der Waals surface area (Å²) in [5, 5.41) is 6.07. The second-order valence-electron chi connectivity index (χ2n) is 6.51. The van der Waals surface area contributed by atoms with Crippen LogP contribution < -0.4 is 15.5 Å². The molecule has 1 aliphatic rings. The van der Waals surface area contributed by atoms with Crippen molar-refractivity contribution in [2.45, 2.75) is 13.5 Å². The van der Waals surface area contributed by atoms with Crippen molar-refractivity contribution in [1.29, 1.82) is 0 Å². The molecular weight excluding hydrogens is 358 g/mol. The number of carbonyl (C=O) groups is 1. The van der Waals surface area contributed by atoms with E-state index in [1.165, 1.54) is 0 Å². The van der Waals surface area contributed by atoms with E-state index in [1.54, 1.807) is 0 Å². The molecule has 1 aliphatic heterocycles. The molecule has 1 aromatic carbocycles. The van der Waals surface area contributed by atoms with E-state index in [0.717, 1.165) is 30.3 Å². The van der Waals surface area contributed by atoms with Crippen molar-refractivity contribution >= 4 is 17.5 Å². The van der Waals surface area contributed by atoms with Crippen LogP contribution in [0.5, 0.6) is 0 Å². The topological polar surface area (TPSA) is 88.6 Å². The molecule has 8 heteroatoms. The van der Waals surface area contributed by atoms with Crippen LogP contribution in [-0.4, -0.2) is 61.9 Å². The summed E-state index contributed by atoms with van der Waals surface area (Å²) in [6.07, 6.45) is 0. The second kappa shape index (κ2) is 10.6. The number of amides is 1. The minimum atomic E-state index is -0.134. The molecule has 1 saturated heterocycles. The van der Waals surface area contributed by atoms with Gasteiger partial charge in [0.25, 0.3) is 0 Å². The Labute approximate surface area is 165 Å². The van der Waals surface area contributed by atoms with Crippen molar-refractivity contribution in [1.82, 2.24) is 15.3 Å². The summed E-state index contributed by atoms with van der Waals surface area (Å²) >= 11 is 0. The maximum absolute atomic E-state index is 11.9. The number of rotatable bonds is 9. The Kier molecular flexibility index (Phi) is 7.57. The van der Waals surface area contributed by atoms with E-state index in [2.05, 4.69) is 25.5 Å². The fourth-order valence-electron chi connectivity index (χ4n) is 2.88. The average molecular weight is 385 g/mol. The molecule has 2 aromatic rings. The highest BCUT2D eigenvalue weighted by Crippen LogP contribution is 2.16. The van der Waals surface area contributed by atoms with Crippen molar-refractivity contribution in [3.05, 3.63) is 47.8 Å². The van der Waals surface area contributed by atoms with E-state index in [1.807, 2.05) is 43.3 Å². The van der Waals surface area contributed by atoms with Gasteiger partial charge in [-0.1, -0.05) is 30.3 Å². The SMILES string of the molecule is Cc1nc(NCCNC(=O)COCc2ccccc2)cc(N2CCOCC2)n1. The monoisotopic (exact) mass is 385 g/mol. The molecular formula is C20H27N5O3. The van der Waals surface area contributed by atoms with Crippen LogP contribution in [0.25, 0.3) is 0 Å². The van der Waals surface area contributed by atoms with Crippen LogP contribution in [0.3, 0.4) is 0 Å². The third kappa shape index (κ3) is 6.47. The number of anilines is 2. The first-order valence-corrected chi connectivity index (χ1v) is 9.51. The van der Waals surface area contributed by atoms with Gasteiger partial charge in [-0.2, -0.15) is 0 Å². The quantitative estimate of drug-likeness (QED) is 0.630. The van der Waals surface area contributed by atoms with Crippen LogP contribution in [0, 0.1) is 6.92 Å². The maximum atomic E-state index is 11.9. The van der Waals surface area contributed by atoms with Gasteiger partial charge in [0.05, 0.1) is 19.8 Å². The molecule has 150 valence electrons. The molecule has 0 unspecified atom stereocenters. The molecule has 1 amide bonds. The summed E-state index contributed by atoms with van der Waals surface area (Å²) in [6.45, 7) is 6.49. The zero-order valence-corrected chi connectivity index (χ0v) is 16.2. The van der Waals surface area contributed by atoms with Crippen molar-refractivity contribution in [3.8, 4) is 0 Å². The molecule has 1 fully saturated rings. The minimum absolute atomic E-state index is 0.0443. The standard InChI is InChI=1S/C20H27N5O3/c1-16-23-18(13-19(24-16)25-9-11-27-12-10-25)21-7-8-22-20(26)15-28-14-17-5-3-2-4-6-17/h2-6,13H,7-12,14-15H2,1H3,(H,22,26)(H,21,23,24). The summed E-state index contributed by atoms with van der Waals surface area (Å²) in [5.41, 5.74) is 1.05. The van der Waals surface area contributed by atoms with Crippen LogP contribution in [0.2, 0.25) is 0 Å². The molecule has 0 aliphatic carbocycles. The van der Waals surface area contributed by atoms with Gasteiger partial charge in [-0.3, -0.25) is 4.79 Å². The number of benzene rings is 1. The number of morpholine rings is 1. The van der Waals surface area contributed by atoms with Crippen molar-refractivity contribution < 1.29 is 14.3 Å². The number of hydrogen-bond acceptors (Lipinski definition) is 7. The van der Waals surface area contributed by atoms with Gasteiger partial charge in [-0.15, -0.1) is 0 Å². The van der Waals surface area contributed by atoms with Gasteiger partial charge >= 0.3 is 0 Å². The molecule has 28 heavy (non-hydrogen) atoms. The lowest BCUT2D eigenvalue weighted by atomic mass is 10.2. The Hall–Kier alpha value is -2.71. The summed E-state index contributed by atoms with van der Waals surface area (Å²) < 4.78 is 10.8. The molecule has 0 saturated carbocycles. The van der Waals surface area contributed by atoms with E-state index in [-0.39, 0.29) is 12.5 Å². The lowest BCUT2D eigenvalue weighted by Gasteiger charge is -2.28. The molecule has 0 atom stereocenters. The van der Waals surface area contributed by atoms with Crippen LogP contribution in [0.4, 0.5) is 11.6 Å². The Bertz CT molecular complexity index is 751. The Balaban J connectivity index is 1.36. The van der Waals surface area contributed by atoms with Crippen molar-refractivity contribution in [2.24, 2.45) is 0 Å². The van der Waals surface area contributed by atoms with E-state index in [4.69, 9.17) is 9.47 Å². The highest BCUT2D eigenvalue weighted by Gasteiger charge is 2.14. The van der Waals surface area contributed by atoms with Crippen molar-refractivity contribution in [2.75, 3.05) is 56.2 Å². The molecule has 2 heterocycles. The Morgan fingerprint density at radius 2 is 1.96 bits per heavy atom. The number of ether oxygens (including phenoxy) is 2. The maximum Gasteiger partial charge on any atom is 0.246 e. The number of carbonyl (C=O) groups excluding carboxylic acids is 1. The molecule has 3 rings (SSSR count). The summed E-state index contributed by atoms with van der Waals surface area (Å²) in [4.78, 5) is 23.0. The zero-order valence-electron chi connectivity index (χ0n) is 16.2. The van der Waals surface area contributed by atoms with E-state index < -0.39 is 0 Å². The summed E-state index contributed by atoms with van der Waals surface area (Å²) in [6, 6.07) is 11.7. The highest BCUT2D eigenvalue weighted by atomic mass is 16.5. The normalized spacial score (nSPS) is 14.0. The largest absolute Gasteiger partial charge is 0.378 e. The molecule has 8 nitrogen and oxygen atoms in total. The lowest BCUT2D eigenvalue weighted by Crippen LogP contribution is -2.37. The molecule has 0 bridgehead atoms. The number of aromatic nitrogens is 2. The first-order chi connectivity index (χ1) is 13.7. The number of nitrogens with one attached hydrogen (secondary N) is 2. The van der Waals surface area contributed by atoms with Gasteiger partial charge in [-0.05, 0) is 12.5 Å². The third-order valence-corrected chi connectivity index (χ3v) is 4.26. The van der Waals surface area contributed by atoms with Gasteiger partial charge in [-0.25, -0.2) is 9.97 Å². The fourth-order valence-corrected chi connectivity index (χ4v) is 2.88. The van der Waals surface area contributed by atoms with Gasteiger partial charge < -0.3 is 25.0 Å². The Morgan fingerprint density at radius 1 is 1.18 bits per heavy atom. The minimum Gasteiger partial charge on any atom is -0.378 e. The first kappa shape index (κ1) is 20.0. The highest BCUT2D eigenvalue weighted by molar-refractivity contribution is 5.77. The smallest absolute Gasteiger partial charge is 0.246 e. The van der Waals surface area contributed by atoms with Gasteiger partial charge in [0.15, 0.2) is 0 Å². The number of aryl methyl sites for hydroxylation is 1. The van der Waals surface area contributed by atoms with E-state index in [9.17, 15) is 4.79 Å². The molecule has 0 radical (unpaired) electrons. The predicted octanol–water partition coefficient (Wildman–Crippen LogP) is 1.37. The molecule has 0 spiro atoms. The zero-order chi connectivity index (χ0) is 19.6. The van der Waals surface area contributed by atoms with Crippen molar-refractivity contribution in [3.63, 3.8) is 0 Å². The number of hydrogen-bond donors (Lipinski definition) is 2. The average Bonchev–Trinajstić information content (AvgIpc) is 2.72. The van der Waals surface area contributed by atoms with Crippen LogP contribution in [0.15, 0.2) is 36.4 Å². The van der Waals surface area contributed by atoms with Crippen LogP contribution in [-0.2, 0) is 20.9 Å². The lowest BCUT2D eigenvalue weighted by molar-refractivity contribution is -0.126. The third-order valence-electron chi connectivity index (χ3n) is 4.26. The molecule has 1 aromatic heterocycles. The van der Waals surface area contributed by atoms with E-state index in [0.29, 0.717) is 38.7 Å². The van der Waals surface area contributed by atoms with Gasteiger partial charge in [0.2, 0.25) is 5.91 Å². The first-order valence-electron chi connectivity index (χ1n) is 9.51. The van der Waals surface area contributed by atoms with Gasteiger partial charge in [0.1, 0.15) is 24.1 Å². The summed E-state index contributed by atoms with van der Waals surface area (Å²) in [5.74, 6) is 2.23.